The molecule has 1 atom stereocenters. The summed E-state index contributed by atoms with van der Waals surface area (Å²) in [5.41, 5.74) is 7.17. The molecule has 0 radical (unpaired) electrons. The topological polar surface area (TPSA) is 108 Å². The molecule has 2 rings (SSSR count). The van der Waals surface area contributed by atoms with Crippen LogP contribution in [-0.2, 0) is 0 Å². The summed E-state index contributed by atoms with van der Waals surface area (Å²) in [5, 5.41) is 14.6. The molecule has 1 aromatic heterocycles. The van der Waals surface area contributed by atoms with E-state index in [2.05, 4.69) is 10.1 Å². The molecule has 1 aromatic carbocycles. The number of aryl methyl sites for hydroxylation is 1. The molecule has 7 heteroatoms. The Kier molecular flexibility index (Phi) is 3.57. The molecule has 0 bridgehead atoms. The van der Waals surface area contributed by atoms with Crippen LogP contribution in [0.2, 0.25) is 0 Å². The minimum absolute atomic E-state index is 0.0138. The summed E-state index contributed by atoms with van der Waals surface area (Å²) in [6.45, 7) is 3.74. The van der Waals surface area contributed by atoms with Crippen molar-refractivity contribution in [3.8, 4) is 11.5 Å². The SMILES string of the molecule is CCC(N)c1noc(-c2cc([N+](=O)[O-])ccc2C)n1. The van der Waals surface area contributed by atoms with Crippen molar-refractivity contribution in [2.45, 2.75) is 26.3 Å². The van der Waals surface area contributed by atoms with Crippen LogP contribution in [0.4, 0.5) is 5.69 Å². The predicted octanol–water partition coefficient (Wildman–Crippen LogP) is 2.36. The summed E-state index contributed by atoms with van der Waals surface area (Å²) in [4.78, 5) is 14.5. The van der Waals surface area contributed by atoms with E-state index in [0.29, 0.717) is 17.8 Å². The molecule has 2 N–H and O–H groups in total. The first-order valence-electron chi connectivity index (χ1n) is 5.87. The molecule has 0 saturated carbocycles. The molecule has 0 aliphatic carbocycles. The molecule has 0 spiro atoms. The second kappa shape index (κ2) is 5.15. The number of nitro benzene ring substituents is 1. The molecule has 2 aromatic rings. The maximum Gasteiger partial charge on any atom is 0.270 e. The zero-order valence-corrected chi connectivity index (χ0v) is 10.7. The summed E-state index contributed by atoms with van der Waals surface area (Å²) in [6.07, 6.45) is 0.687. The Morgan fingerprint density at radius 3 is 2.89 bits per heavy atom. The molecule has 0 aliphatic rings. The van der Waals surface area contributed by atoms with Crippen molar-refractivity contribution in [2.75, 3.05) is 0 Å². The zero-order valence-electron chi connectivity index (χ0n) is 10.7. The molecule has 0 aliphatic heterocycles. The highest BCUT2D eigenvalue weighted by Crippen LogP contribution is 2.27. The summed E-state index contributed by atoms with van der Waals surface area (Å²) in [7, 11) is 0. The van der Waals surface area contributed by atoms with Crippen molar-refractivity contribution < 1.29 is 9.45 Å². The number of hydrogen-bond donors (Lipinski definition) is 1. The van der Waals surface area contributed by atoms with E-state index in [1.807, 2.05) is 13.8 Å². The van der Waals surface area contributed by atoms with Gasteiger partial charge in [-0.3, -0.25) is 10.1 Å². The lowest BCUT2D eigenvalue weighted by Crippen LogP contribution is -2.10. The molecule has 1 unspecified atom stereocenters. The maximum atomic E-state index is 10.8. The molecule has 0 saturated heterocycles. The molecular weight excluding hydrogens is 248 g/mol. The lowest BCUT2D eigenvalue weighted by molar-refractivity contribution is -0.384. The normalized spacial score (nSPS) is 12.4. The number of nitrogens with two attached hydrogens (primary N) is 1. The van der Waals surface area contributed by atoms with Crippen LogP contribution in [0.25, 0.3) is 11.5 Å². The van der Waals surface area contributed by atoms with E-state index >= 15 is 0 Å². The summed E-state index contributed by atoms with van der Waals surface area (Å²) in [5.74, 6) is 0.656. The van der Waals surface area contributed by atoms with Crippen molar-refractivity contribution in [1.29, 1.82) is 0 Å². The summed E-state index contributed by atoms with van der Waals surface area (Å²) in [6, 6.07) is 4.21. The van der Waals surface area contributed by atoms with Gasteiger partial charge in [0.25, 0.3) is 11.6 Å². The molecule has 100 valence electrons. The van der Waals surface area contributed by atoms with Crippen LogP contribution >= 0.6 is 0 Å². The van der Waals surface area contributed by atoms with Crippen LogP contribution < -0.4 is 5.73 Å². The standard InChI is InChI=1S/C12H14N4O3/c1-3-10(13)11-14-12(19-15-11)9-6-8(16(17)18)5-4-7(9)2/h4-6,10H,3,13H2,1-2H3. The van der Waals surface area contributed by atoms with Gasteiger partial charge in [-0.05, 0) is 18.9 Å². The second-order valence-corrected chi connectivity index (χ2v) is 4.23. The number of hydrogen-bond acceptors (Lipinski definition) is 6. The lowest BCUT2D eigenvalue weighted by Gasteiger charge is -2.01. The van der Waals surface area contributed by atoms with Gasteiger partial charge < -0.3 is 10.3 Å². The number of benzene rings is 1. The van der Waals surface area contributed by atoms with Crippen LogP contribution in [0.5, 0.6) is 0 Å². The molecule has 1 heterocycles. The van der Waals surface area contributed by atoms with Crippen LogP contribution in [0, 0.1) is 17.0 Å². The Labute approximate surface area is 109 Å². The van der Waals surface area contributed by atoms with Crippen LogP contribution in [0.1, 0.15) is 30.8 Å². The van der Waals surface area contributed by atoms with Crippen molar-refractivity contribution in [3.05, 3.63) is 39.7 Å². The molecule has 0 amide bonds. The van der Waals surface area contributed by atoms with Gasteiger partial charge in [-0.1, -0.05) is 18.1 Å². The smallest absolute Gasteiger partial charge is 0.270 e. The quantitative estimate of drug-likeness (QED) is 0.669. The number of aromatic nitrogens is 2. The van der Waals surface area contributed by atoms with Gasteiger partial charge in [-0.25, -0.2) is 0 Å². The minimum Gasteiger partial charge on any atom is -0.334 e. The average molecular weight is 262 g/mol. The number of nitro groups is 1. The van der Waals surface area contributed by atoms with E-state index < -0.39 is 4.92 Å². The third-order valence-electron chi connectivity index (χ3n) is 2.88. The van der Waals surface area contributed by atoms with Gasteiger partial charge in [0.2, 0.25) is 0 Å². The van der Waals surface area contributed by atoms with E-state index in [4.69, 9.17) is 10.3 Å². The fourth-order valence-electron chi connectivity index (χ4n) is 1.63. The first-order valence-corrected chi connectivity index (χ1v) is 5.87. The molecule has 19 heavy (non-hydrogen) atoms. The molecule has 0 fully saturated rings. The third kappa shape index (κ3) is 2.60. The first kappa shape index (κ1) is 13.2. The van der Waals surface area contributed by atoms with Gasteiger partial charge in [0, 0.05) is 17.7 Å². The Morgan fingerprint density at radius 1 is 1.53 bits per heavy atom. The number of nitrogens with zero attached hydrogens (tertiary/aromatic N) is 3. The van der Waals surface area contributed by atoms with Gasteiger partial charge in [0.1, 0.15) is 0 Å². The fraction of sp³-hybridized carbons (Fsp3) is 0.333. The molecule has 7 nitrogen and oxygen atoms in total. The number of rotatable bonds is 4. The minimum atomic E-state index is -0.460. The van der Waals surface area contributed by atoms with Crippen molar-refractivity contribution >= 4 is 5.69 Å². The Balaban J connectivity index is 2.43. The lowest BCUT2D eigenvalue weighted by atomic mass is 10.1. The van der Waals surface area contributed by atoms with Crippen LogP contribution in [-0.4, -0.2) is 15.1 Å². The summed E-state index contributed by atoms with van der Waals surface area (Å²) >= 11 is 0. The van der Waals surface area contributed by atoms with E-state index in [9.17, 15) is 10.1 Å². The highest BCUT2D eigenvalue weighted by Gasteiger charge is 2.17. The van der Waals surface area contributed by atoms with E-state index in [-0.39, 0.29) is 17.6 Å². The largest absolute Gasteiger partial charge is 0.334 e. The van der Waals surface area contributed by atoms with Gasteiger partial charge in [-0.2, -0.15) is 4.98 Å². The van der Waals surface area contributed by atoms with Gasteiger partial charge in [0.15, 0.2) is 5.82 Å². The van der Waals surface area contributed by atoms with E-state index in [1.54, 1.807) is 6.07 Å². The van der Waals surface area contributed by atoms with Crippen LogP contribution in [0.15, 0.2) is 22.7 Å². The maximum absolute atomic E-state index is 10.8. The molecular formula is C12H14N4O3. The Hall–Kier alpha value is -2.28. The van der Waals surface area contributed by atoms with Crippen molar-refractivity contribution in [1.82, 2.24) is 10.1 Å². The van der Waals surface area contributed by atoms with Gasteiger partial charge in [0.05, 0.1) is 11.0 Å². The van der Waals surface area contributed by atoms with E-state index in [1.165, 1.54) is 12.1 Å². The summed E-state index contributed by atoms with van der Waals surface area (Å²) < 4.78 is 5.13. The van der Waals surface area contributed by atoms with Gasteiger partial charge >= 0.3 is 0 Å². The van der Waals surface area contributed by atoms with Crippen molar-refractivity contribution in [2.24, 2.45) is 5.73 Å². The van der Waals surface area contributed by atoms with E-state index in [0.717, 1.165) is 5.56 Å². The second-order valence-electron chi connectivity index (χ2n) is 4.23. The zero-order chi connectivity index (χ0) is 14.0. The third-order valence-corrected chi connectivity index (χ3v) is 2.88. The van der Waals surface area contributed by atoms with Gasteiger partial charge in [-0.15, -0.1) is 0 Å². The predicted molar refractivity (Wildman–Crippen MR) is 68.3 cm³/mol. The highest BCUT2D eigenvalue weighted by molar-refractivity contribution is 5.62. The first-order chi connectivity index (χ1) is 9.02. The van der Waals surface area contributed by atoms with Crippen LogP contribution in [0.3, 0.4) is 0 Å². The Morgan fingerprint density at radius 2 is 2.26 bits per heavy atom. The highest BCUT2D eigenvalue weighted by atomic mass is 16.6. The monoisotopic (exact) mass is 262 g/mol. The fourth-order valence-corrected chi connectivity index (χ4v) is 1.63. The van der Waals surface area contributed by atoms with Crippen molar-refractivity contribution in [3.63, 3.8) is 0 Å². The Bertz CT molecular complexity index is 609. The number of non-ortho nitro benzene ring substituents is 1. The average Bonchev–Trinajstić information content (AvgIpc) is 2.87.